The Morgan fingerprint density at radius 3 is 2.15 bits per heavy atom. The maximum atomic E-state index is 10.3. The van der Waals surface area contributed by atoms with Crippen molar-refractivity contribution >= 4 is 0 Å². The molecule has 8 heteroatoms. The van der Waals surface area contributed by atoms with Crippen molar-refractivity contribution in [2.75, 3.05) is 13.2 Å². The van der Waals surface area contributed by atoms with E-state index in [4.69, 9.17) is 5.11 Å². The van der Waals surface area contributed by atoms with Crippen molar-refractivity contribution in [1.29, 1.82) is 0 Å². The number of hydrogen-bond donors (Lipinski definition) is 1. The molecule has 0 fully saturated rings. The van der Waals surface area contributed by atoms with Gasteiger partial charge in [0.25, 0.3) is 0 Å². The third kappa shape index (κ3) is 2.12. The minimum Gasteiger partial charge on any atom is -0.486 e. The Morgan fingerprint density at radius 1 is 1.46 bits per heavy atom. The van der Waals surface area contributed by atoms with Crippen LogP contribution in [0.2, 0.25) is 0 Å². The summed E-state index contributed by atoms with van der Waals surface area (Å²) >= 11 is 0. The van der Waals surface area contributed by atoms with E-state index in [1.54, 1.807) is 0 Å². The highest BCUT2D eigenvalue weighted by Crippen LogP contribution is 2.10. The molecule has 0 aromatic rings. The van der Waals surface area contributed by atoms with Gasteiger partial charge < -0.3 is 9.84 Å². The quantitative estimate of drug-likeness (QED) is 0.259. The molecule has 0 spiro atoms. The monoisotopic (exact) mass is 192 g/mol. The van der Waals surface area contributed by atoms with Crippen LogP contribution >= 0.6 is 0 Å². The fraction of sp³-hybridized carbons (Fsp3) is 0.600. The van der Waals surface area contributed by atoms with Gasteiger partial charge in [-0.3, -0.25) is 20.2 Å². The lowest BCUT2D eigenvalue weighted by atomic mass is 10.2. The van der Waals surface area contributed by atoms with Gasteiger partial charge >= 0.3 is 5.66 Å². The van der Waals surface area contributed by atoms with E-state index in [1.807, 2.05) is 0 Å². The minimum absolute atomic E-state index is 0.831. The van der Waals surface area contributed by atoms with Gasteiger partial charge in [0.2, 0.25) is 6.61 Å². The van der Waals surface area contributed by atoms with Gasteiger partial charge in [-0.2, -0.15) is 0 Å². The van der Waals surface area contributed by atoms with E-state index in [9.17, 15) is 20.2 Å². The Morgan fingerprint density at radius 2 is 1.92 bits per heavy atom. The summed E-state index contributed by atoms with van der Waals surface area (Å²) in [6.45, 7) is 0.978. The summed E-state index contributed by atoms with van der Waals surface area (Å²) in [6.07, 6.45) is 0.831. The van der Waals surface area contributed by atoms with Crippen LogP contribution < -0.4 is 0 Å². The molecule has 74 valence electrons. The van der Waals surface area contributed by atoms with Crippen molar-refractivity contribution in [2.45, 2.75) is 5.66 Å². The van der Waals surface area contributed by atoms with Crippen molar-refractivity contribution in [1.82, 2.24) is 0 Å². The molecule has 0 unspecified atom stereocenters. The lowest BCUT2D eigenvalue weighted by Crippen LogP contribution is -2.53. The standard InChI is InChI=1S/C5H8N2O6/c1-2-13-4-5(3-8,6(9)10)7(11)12/h2,8H,1,3-4H2. The highest BCUT2D eigenvalue weighted by atomic mass is 16.7. The molecule has 1 N–H and O–H groups in total. The molecule has 0 aromatic carbocycles. The Bertz CT molecular complexity index is 213. The lowest BCUT2D eigenvalue weighted by molar-refractivity contribution is -0.800. The van der Waals surface area contributed by atoms with E-state index in [0.29, 0.717) is 0 Å². The molecule has 0 radical (unpaired) electrons. The fourth-order valence-corrected chi connectivity index (χ4v) is 0.526. The van der Waals surface area contributed by atoms with Crippen LogP contribution in [-0.4, -0.2) is 33.8 Å². The van der Waals surface area contributed by atoms with Gasteiger partial charge in [0.1, 0.15) is 9.85 Å². The number of nitrogens with zero attached hydrogens (tertiary/aromatic N) is 2. The molecular weight excluding hydrogens is 184 g/mol. The molecule has 0 aliphatic carbocycles. The van der Waals surface area contributed by atoms with E-state index in [-0.39, 0.29) is 0 Å². The van der Waals surface area contributed by atoms with Gasteiger partial charge in [-0.1, -0.05) is 6.58 Å². The summed E-state index contributed by atoms with van der Waals surface area (Å²) in [5.74, 6) is 0. The molecule has 0 atom stereocenters. The summed E-state index contributed by atoms with van der Waals surface area (Å²) < 4.78 is 4.33. The van der Waals surface area contributed by atoms with Crippen molar-refractivity contribution < 1.29 is 19.7 Å². The molecule has 0 bridgehead atoms. The van der Waals surface area contributed by atoms with Gasteiger partial charge in [0.05, 0.1) is 6.26 Å². The highest BCUT2D eigenvalue weighted by Gasteiger charge is 2.56. The van der Waals surface area contributed by atoms with E-state index in [0.717, 1.165) is 6.26 Å². The average Bonchev–Trinajstić information content (AvgIpc) is 2.05. The predicted molar refractivity (Wildman–Crippen MR) is 40.0 cm³/mol. The SMILES string of the molecule is C=COCC(CO)([N+](=O)[O-])[N+](=O)[O-]. The molecule has 0 aromatic heterocycles. The van der Waals surface area contributed by atoms with Crippen LogP contribution in [0.1, 0.15) is 0 Å². The molecule has 0 aliphatic rings. The zero-order valence-corrected chi connectivity index (χ0v) is 6.58. The second-order valence-electron chi connectivity index (χ2n) is 2.13. The summed E-state index contributed by atoms with van der Waals surface area (Å²) in [7, 11) is 0. The second-order valence-corrected chi connectivity index (χ2v) is 2.13. The van der Waals surface area contributed by atoms with Crippen LogP contribution in [0.3, 0.4) is 0 Å². The Balaban J connectivity index is 4.75. The third-order valence-corrected chi connectivity index (χ3v) is 1.37. The van der Waals surface area contributed by atoms with Crippen molar-refractivity contribution in [3.8, 4) is 0 Å². The first-order valence-electron chi connectivity index (χ1n) is 3.13. The topological polar surface area (TPSA) is 116 Å². The van der Waals surface area contributed by atoms with Crippen LogP contribution in [0.15, 0.2) is 12.8 Å². The number of aliphatic hydroxyl groups is 1. The first-order valence-corrected chi connectivity index (χ1v) is 3.13. The first-order chi connectivity index (χ1) is 6.01. The normalized spacial score (nSPS) is 10.5. The van der Waals surface area contributed by atoms with Crippen molar-refractivity contribution in [3.05, 3.63) is 33.1 Å². The van der Waals surface area contributed by atoms with E-state index in [1.165, 1.54) is 0 Å². The second kappa shape index (κ2) is 4.36. The zero-order chi connectivity index (χ0) is 10.5. The first kappa shape index (κ1) is 11.3. The molecule has 8 nitrogen and oxygen atoms in total. The van der Waals surface area contributed by atoms with Crippen LogP contribution in [0.25, 0.3) is 0 Å². The molecule has 0 saturated heterocycles. The molecule has 0 amide bonds. The molecule has 13 heavy (non-hydrogen) atoms. The summed E-state index contributed by atoms with van der Waals surface area (Å²) in [4.78, 5) is 18.2. The number of rotatable bonds is 6. The van der Waals surface area contributed by atoms with E-state index < -0.39 is 28.7 Å². The minimum atomic E-state index is -2.70. The number of nitro groups is 2. The number of ether oxygens (including phenoxy) is 1. The smallest absolute Gasteiger partial charge is 0.486 e. The van der Waals surface area contributed by atoms with E-state index >= 15 is 0 Å². The Labute approximate surface area is 72.7 Å². The maximum Gasteiger partial charge on any atom is 0.512 e. The van der Waals surface area contributed by atoms with Crippen LogP contribution in [0.4, 0.5) is 0 Å². The molecular formula is C5H8N2O6. The maximum absolute atomic E-state index is 10.3. The molecule has 0 rings (SSSR count). The fourth-order valence-electron chi connectivity index (χ4n) is 0.526. The largest absolute Gasteiger partial charge is 0.512 e. The Kier molecular flexibility index (Phi) is 3.79. The predicted octanol–water partition coefficient (Wildman–Crippen LogP) is -0.611. The van der Waals surface area contributed by atoms with Gasteiger partial charge in [0.15, 0.2) is 6.61 Å². The third-order valence-electron chi connectivity index (χ3n) is 1.37. The summed E-state index contributed by atoms with van der Waals surface area (Å²) in [6, 6.07) is 0. The lowest BCUT2D eigenvalue weighted by Gasteiger charge is -2.13. The molecule has 0 heterocycles. The van der Waals surface area contributed by atoms with Crippen molar-refractivity contribution in [2.24, 2.45) is 0 Å². The van der Waals surface area contributed by atoms with Crippen LogP contribution in [0, 0.1) is 20.2 Å². The average molecular weight is 192 g/mol. The van der Waals surface area contributed by atoms with Crippen molar-refractivity contribution in [3.63, 3.8) is 0 Å². The van der Waals surface area contributed by atoms with Crippen LogP contribution in [-0.2, 0) is 4.74 Å². The summed E-state index contributed by atoms with van der Waals surface area (Å²) in [5, 5.41) is 29.1. The summed E-state index contributed by atoms with van der Waals surface area (Å²) in [5.41, 5.74) is -2.70. The van der Waals surface area contributed by atoms with Gasteiger partial charge in [-0.05, 0) is 0 Å². The van der Waals surface area contributed by atoms with Gasteiger partial charge in [-0.25, -0.2) is 0 Å². The van der Waals surface area contributed by atoms with Gasteiger partial charge in [0, 0.05) is 0 Å². The zero-order valence-electron chi connectivity index (χ0n) is 6.58. The van der Waals surface area contributed by atoms with Gasteiger partial charge in [-0.15, -0.1) is 0 Å². The molecule has 0 saturated carbocycles. The number of hydrogen-bond acceptors (Lipinski definition) is 6. The Hall–Kier alpha value is -1.70. The van der Waals surface area contributed by atoms with E-state index in [2.05, 4.69) is 11.3 Å². The van der Waals surface area contributed by atoms with Crippen LogP contribution in [0.5, 0.6) is 0 Å². The highest BCUT2D eigenvalue weighted by molar-refractivity contribution is 4.66. The number of aliphatic hydroxyl groups excluding tert-OH is 1. The molecule has 0 aliphatic heterocycles.